The Bertz CT molecular complexity index is 542. The van der Waals surface area contributed by atoms with E-state index in [2.05, 4.69) is 28.8 Å². The van der Waals surface area contributed by atoms with E-state index < -0.39 is 0 Å². The number of thioether (sulfide) groups is 1. The van der Waals surface area contributed by atoms with Crippen molar-refractivity contribution in [2.24, 2.45) is 4.99 Å². The smallest absolute Gasteiger partial charge is 0.250 e. The monoisotopic (exact) mass is 352 g/mol. The summed E-state index contributed by atoms with van der Waals surface area (Å²) in [5, 5.41) is 6.65. The Morgan fingerprint density at radius 3 is 2.75 bits per heavy atom. The highest BCUT2D eigenvalue weighted by Gasteiger charge is 2.00. The van der Waals surface area contributed by atoms with Crippen LogP contribution in [0.3, 0.4) is 0 Å². The zero-order valence-corrected chi connectivity index (χ0v) is 16.1. The standard InChI is InChI=1S/C18H32N4OS/c1-4-19-18(21-13-6-8-15-24-3)20-12-5-7-14-22-16(2)10-9-11-17(22)23/h9-11H,4-8,12-15H2,1-3H3,(H2,19,20,21). The van der Waals surface area contributed by atoms with E-state index in [1.807, 2.05) is 35.4 Å². The Labute approximate surface area is 150 Å². The van der Waals surface area contributed by atoms with Gasteiger partial charge in [0.25, 0.3) is 5.56 Å². The van der Waals surface area contributed by atoms with Crippen LogP contribution in [0.25, 0.3) is 0 Å². The SMILES string of the molecule is CCNC(=NCCCCSC)NCCCCn1c(C)cccc1=O. The molecule has 0 amide bonds. The number of rotatable bonds is 11. The summed E-state index contributed by atoms with van der Waals surface area (Å²) in [6, 6.07) is 5.42. The number of hydrogen-bond acceptors (Lipinski definition) is 3. The van der Waals surface area contributed by atoms with Crippen molar-refractivity contribution in [3.63, 3.8) is 0 Å². The van der Waals surface area contributed by atoms with Crippen molar-refractivity contribution in [3.8, 4) is 0 Å². The predicted octanol–water partition coefficient (Wildman–Crippen LogP) is 2.64. The molecule has 0 aliphatic carbocycles. The molecule has 1 heterocycles. The van der Waals surface area contributed by atoms with Gasteiger partial charge in [-0.3, -0.25) is 9.79 Å². The van der Waals surface area contributed by atoms with Gasteiger partial charge in [-0.2, -0.15) is 11.8 Å². The maximum Gasteiger partial charge on any atom is 0.250 e. The number of aliphatic imine (C=N–C) groups is 1. The third kappa shape index (κ3) is 8.43. The summed E-state index contributed by atoms with van der Waals surface area (Å²) in [6.07, 6.45) is 6.48. The van der Waals surface area contributed by atoms with Crippen LogP contribution in [0.5, 0.6) is 0 Å². The molecule has 2 N–H and O–H groups in total. The highest BCUT2D eigenvalue weighted by Crippen LogP contribution is 1.99. The molecule has 0 unspecified atom stereocenters. The van der Waals surface area contributed by atoms with Crippen LogP contribution >= 0.6 is 11.8 Å². The molecule has 1 aromatic rings. The third-order valence-electron chi connectivity index (χ3n) is 3.74. The quantitative estimate of drug-likeness (QED) is 0.365. The van der Waals surface area contributed by atoms with E-state index in [-0.39, 0.29) is 5.56 Å². The van der Waals surface area contributed by atoms with Crippen LogP contribution in [0, 0.1) is 6.92 Å². The minimum atomic E-state index is 0.0862. The van der Waals surface area contributed by atoms with Crippen LogP contribution < -0.4 is 16.2 Å². The van der Waals surface area contributed by atoms with Gasteiger partial charge in [0.1, 0.15) is 0 Å². The first-order valence-electron chi connectivity index (χ1n) is 8.86. The van der Waals surface area contributed by atoms with Gasteiger partial charge in [0.15, 0.2) is 5.96 Å². The molecule has 0 saturated carbocycles. The fraction of sp³-hybridized carbons (Fsp3) is 0.667. The van der Waals surface area contributed by atoms with Gasteiger partial charge in [-0.25, -0.2) is 0 Å². The first kappa shape index (κ1) is 20.6. The molecule has 0 fully saturated rings. The number of guanidine groups is 1. The molecule has 0 aromatic carbocycles. The van der Waals surface area contributed by atoms with Crippen molar-refractivity contribution in [3.05, 3.63) is 34.2 Å². The second-order valence-corrected chi connectivity index (χ2v) is 6.74. The molecule has 136 valence electrons. The zero-order chi connectivity index (χ0) is 17.6. The van der Waals surface area contributed by atoms with Crippen molar-refractivity contribution in [1.29, 1.82) is 0 Å². The summed E-state index contributed by atoms with van der Waals surface area (Å²) in [4.78, 5) is 16.4. The summed E-state index contributed by atoms with van der Waals surface area (Å²) >= 11 is 1.89. The number of nitrogens with one attached hydrogen (secondary N) is 2. The van der Waals surface area contributed by atoms with Gasteiger partial charge < -0.3 is 15.2 Å². The van der Waals surface area contributed by atoms with E-state index in [0.717, 1.165) is 57.1 Å². The third-order valence-corrected chi connectivity index (χ3v) is 4.44. The van der Waals surface area contributed by atoms with Gasteiger partial charge in [0.05, 0.1) is 0 Å². The van der Waals surface area contributed by atoms with Crippen LogP contribution in [-0.2, 0) is 6.54 Å². The number of aromatic nitrogens is 1. The molecule has 1 rings (SSSR count). The predicted molar refractivity (Wildman–Crippen MR) is 106 cm³/mol. The number of pyridine rings is 1. The van der Waals surface area contributed by atoms with Crippen LogP contribution in [0.15, 0.2) is 28.0 Å². The average Bonchev–Trinajstić information content (AvgIpc) is 2.56. The molecule has 6 heteroatoms. The first-order valence-corrected chi connectivity index (χ1v) is 10.3. The Hall–Kier alpha value is -1.43. The van der Waals surface area contributed by atoms with E-state index in [9.17, 15) is 4.79 Å². The van der Waals surface area contributed by atoms with Gasteiger partial charge >= 0.3 is 0 Å². The van der Waals surface area contributed by atoms with E-state index in [1.54, 1.807) is 6.07 Å². The van der Waals surface area contributed by atoms with Crippen LogP contribution in [-0.4, -0.2) is 42.2 Å². The van der Waals surface area contributed by atoms with Crippen LogP contribution in [0.1, 0.15) is 38.3 Å². The van der Waals surface area contributed by atoms with Crippen molar-refractivity contribution >= 4 is 17.7 Å². The minimum absolute atomic E-state index is 0.0862. The normalized spacial score (nSPS) is 11.5. The van der Waals surface area contributed by atoms with Crippen molar-refractivity contribution in [2.75, 3.05) is 31.6 Å². The van der Waals surface area contributed by atoms with Crippen LogP contribution in [0.4, 0.5) is 0 Å². The zero-order valence-electron chi connectivity index (χ0n) is 15.3. The second kappa shape index (κ2) is 12.9. The summed E-state index contributed by atoms with van der Waals surface area (Å²) in [5.41, 5.74) is 1.11. The molecule has 24 heavy (non-hydrogen) atoms. The number of hydrogen-bond donors (Lipinski definition) is 2. The fourth-order valence-corrected chi connectivity index (χ4v) is 2.90. The lowest BCUT2D eigenvalue weighted by molar-refractivity contribution is 0.574. The maximum atomic E-state index is 11.8. The molecular formula is C18H32N4OS. The van der Waals surface area contributed by atoms with Gasteiger partial charge in [-0.15, -0.1) is 0 Å². The van der Waals surface area contributed by atoms with Gasteiger partial charge in [0.2, 0.25) is 0 Å². The Balaban J connectivity index is 2.27. The molecule has 0 atom stereocenters. The molecule has 0 aliphatic rings. The Morgan fingerprint density at radius 2 is 2.04 bits per heavy atom. The van der Waals surface area contributed by atoms with Crippen molar-refractivity contribution in [2.45, 2.75) is 46.1 Å². The molecule has 0 spiro atoms. The number of unbranched alkanes of at least 4 members (excludes halogenated alkanes) is 2. The molecule has 1 aromatic heterocycles. The first-order chi connectivity index (χ1) is 11.7. The Morgan fingerprint density at radius 1 is 1.21 bits per heavy atom. The van der Waals surface area contributed by atoms with Crippen LogP contribution in [0.2, 0.25) is 0 Å². The lowest BCUT2D eigenvalue weighted by atomic mass is 10.3. The van der Waals surface area contributed by atoms with E-state index in [0.29, 0.717) is 0 Å². The summed E-state index contributed by atoms with van der Waals surface area (Å²) < 4.78 is 1.84. The molecule has 0 bridgehead atoms. The van der Waals surface area contributed by atoms with E-state index in [4.69, 9.17) is 0 Å². The number of nitrogens with zero attached hydrogens (tertiary/aromatic N) is 2. The molecule has 0 saturated heterocycles. The molecule has 0 aliphatic heterocycles. The summed E-state index contributed by atoms with van der Waals surface area (Å²) in [7, 11) is 0. The fourth-order valence-electron chi connectivity index (χ4n) is 2.40. The molecule has 5 nitrogen and oxygen atoms in total. The topological polar surface area (TPSA) is 58.4 Å². The largest absolute Gasteiger partial charge is 0.357 e. The second-order valence-electron chi connectivity index (χ2n) is 5.75. The summed E-state index contributed by atoms with van der Waals surface area (Å²) in [6.45, 7) is 7.44. The van der Waals surface area contributed by atoms with Gasteiger partial charge in [-0.1, -0.05) is 6.07 Å². The summed E-state index contributed by atoms with van der Waals surface area (Å²) in [5.74, 6) is 2.10. The van der Waals surface area contributed by atoms with Crippen molar-refractivity contribution < 1.29 is 0 Å². The van der Waals surface area contributed by atoms with Crippen molar-refractivity contribution in [1.82, 2.24) is 15.2 Å². The van der Waals surface area contributed by atoms with Gasteiger partial charge in [0, 0.05) is 37.9 Å². The highest BCUT2D eigenvalue weighted by molar-refractivity contribution is 7.98. The minimum Gasteiger partial charge on any atom is -0.357 e. The van der Waals surface area contributed by atoms with Gasteiger partial charge in [-0.05, 0) is 57.6 Å². The lowest BCUT2D eigenvalue weighted by Gasteiger charge is -2.12. The molecule has 0 radical (unpaired) electrons. The van der Waals surface area contributed by atoms with E-state index in [1.165, 1.54) is 12.2 Å². The molecular weight excluding hydrogens is 320 g/mol. The maximum absolute atomic E-state index is 11.8. The number of aryl methyl sites for hydroxylation is 1. The Kier molecular flexibility index (Phi) is 11.1. The highest BCUT2D eigenvalue weighted by atomic mass is 32.2. The average molecular weight is 353 g/mol. The van der Waals surface area contributed by atoms with E-state index >= 15 is 0 Å². The lowest BCUT2D eigenvalue weighted by Crippen LogP contribution is -2.38.